The zero-order chi connectivity index (χ0) is 22.0. The fourth-order valence-corrected chi connectivity index (χ4v) is 3.92. The average Bonchev–Trinajstić information content (AvgIpc) is 2.94. The van der Waals surface area contributed by atoms with Crippen molar-refractivity contribution in [1.29, 1.82) is 5.26 Å². The molecule has 8 heteroatoms. The van der Waals surface area contributed by atoms with Crippen molar-refractivity contribution >= 4 is 17.0 Å². The van der Waals surface area contributed by atoms with E-state index < -0.39 is 12.0 Å². The summed E-state index contributed by atoms with van der Waals surface area (Å²) < 4.78 is 12.2. The Balaban J connectivity index is 1.51. The summed E-state index contributed by atoms with van der Waals surface area (Å²) >= 11 is 0. The third kappa shape index (κ3) is 4.38. The zero-order valence-corrected chi connectivity index (χ0v) is 17.3. The van der Waals surface area contributed by atoms with Gasteiger partial charge in [0.15, 0.2) is 5.58 Å². The van der Waals surface area contributed by atoms with Gasteiger partial charge in [-0.2, -0.15) is 5.26 Å². The second-order valence-corrected chi connectivity index (χ2v) is 7.77. The number of aromatic nitrogens is 1. The van der Waals surface area contributed by atoms with Crippen LogP contribution in [0.15, 0.2) is 51.7 Å². The molecule has 1 aliphatic heterocycles. The Morgan fingerprint density at radius 3 is 2.71 bits per heavy atom. The van der Waals surface area contributed by atoms with Gasteiger partial charge in [-0.3, -0.25) is 14.3 Å². The van der Waals surface area contributed by atoms with Crippen LogP contribution in [-0.4, -0.2) is 47.2 Å². The quantitative estimate of drug-likeness (QED) is 0.673. The molecule has 0 bridgehead atoms. The van der Waals surface area contributed by atoms with Crippen molar-refractivity contribution in [2.24, 2.45) is 12.8 Å². The highest BCUT2D eigenvalue weighted by molar-refractivity contribution is 5.80. The van der Waals surface area contributed by atoms with Crippen LogP contribution in [0.4, 0.5) is 0 Å². The molecule has 0 unspecified atom stereocenters. The predicted octanol–water partition coefficient (Wildman–Crippen LogP) is 1.81. The molecule has 0 saturated carbocycles. The van der Waals surface area contributed by atoms with Crippen LogP contribution in [0.5, 0.6) is 0 Å². The molecule has 8 nitrogen and oxygen atoms in total. The summed E-state index contributed by atoms with van der Waals surface area (Å²) in [6, 6.07) is 15.6. The molecule has 1 aromatic heterocycles. The molecule has 1 amide bonds. The summed E-state index contributed by atoms with van der Waals surface area (Å²) in [6.45, 7) is 1.47. The monoisotopic (exact) mass is 420 g/mol. The van der Waals surface area contributed by atoms with Crippen LogP contribution in [-0.2, 0) is 23.0 Å². The van der Waals surface area contributed by atoms with Crippen molar-refractivity contribution in [1.82, 2.24) is 9.47 Å². The Morgan fingerprint density at radius 1 is 1.26 bits per heavy atom. The number of hydrogen-bond acceptors (Lipinski definition) is 6. The highest BCUT2D eigenvalue weighted by Crippen LogP contribution is 2.25. The number of carbonyl (C=O) groups excluding carboxylic acids is 1. The lowest BCUT2D eigenvalue weighted by Crippen LogP contribution is -2.44. The molecule has 1 aliphatic rings. The van der Waals surface area contributed by atoms with Gasteiger partial charge in [0.1, 0.15) is 12.1 Å². The number of ether oxygens (including phenoxy) is 1. The van der Waals surface area contributed by atoms with Crippen LogP contribution in [0.25, 0.3) is 22.2 Å². The number of fused-ring (bicyclic) bond motifs is 1. The maximum Gasteiger partial charge on any atom is 0.419 e. The largest absolute Gasteiger partial charge is 0.419 e. The minimum Gasteiger partial charge on any atom is -0.408 e. The van der Waals surface area contributed by atoms with Crippen molar-refractivity contribution in [3.8, 4) is 17.2 Å². The summed E-state index contributed by atoms with van der Waals surface area (Å²) in [5.74, 6) is -0.887. The number of nitrogens with zero attached hydrogens (tertiary/aromatic N) is 3. The first-order valence-corrected chi connectivity index (χ1v) is 10.2. The molecular weight excluding hydrogens is 396 g/mol. The number of hydrogen-bond donors (Lipinski definition) is 1. The second kappa shape index (κ2) is 8.76. The van der Waals surface area contributed by atoms with E-state index in [2.05, 4.69) is 6.07 Å². The summed E-state index contributed by atoms with van der Waals surface area (Å²) in [5, 5.41) is 9.73. The number of nitrogens with two attached hydrogens (primary N) is 1. The molecule has 2 atom stereocenters. The second-order valence-electron chi connectivity index (χ2n) is 7.77. The van der Waals surface area contributed by atoms with Crippen LogP contribution in [0, 0.1) is 11.3 Å². The first-order chi connectivity index (χ1) is 15.0. The lowest BCUT2D eigenvalue weighted by molar-refractivity contribution is -0.129. The molecule has 2 N–H and O–H groups in total. The topological polar surface area (TPSA) is 114 Å². The van der Waals surface area contributed by atoms with Gasteiger partial charge in [-0.05, 0) is 35.2 Å². The van der Waals surface area contributed by atoms with E-state index in [9.17, 15) is 14.9 Å². The fraction of sp³-hybridized carbons (Fsp3) is 0.348. The van der Waals surface area contributed by atoms with Crippen molar-refractivity contribution < 1.29 is 13.9 Å². The van der Waals surface area contributed by atoms with E-state index in [4.69, 9.17) is 14.9 Å². The molecule has 1 saturated heterocycles. The molecule has 3 aromatic rings. The standard InChI is InChI=1S/C23H24N4O4/c1-26-19-12-17(7-8-20(19)31-23(26)29)16-5-3-15(4-6-16)11-18(13-24)27-9-2-10-30-21(14-27)22(25)28/h3-8,12,18,21H,2,9-11,14H2,1H3,(H2,25,28)/t18-,21+/m0/s1. The first-order valence-electron chi connectivity index (χ1n) is 10.2. The number of benzene rings is 2. The Labute approximate surface area is 179 Å². The molecule has 2 heterocycles. The lowest BCUT2D eigenvalue weighted by atomic mass is 10.00. The van der Waals surface area contributed by atoms with E-state index in [1.807, 2.05) is 41.3 Å². The highest BCUT2D eigenvalue weighted by Gasteiger charge is 2.28. The van der Waals surface area contributed by atoms with Gasteiger partial charge >= 0.3 is 5.76 Å². The Hall–Kier alpha value is -3.41. The predicted molar refractivity (Wildman–Crippen MR) is 115 cm³/mol. The van der Waals surface area contributed by atoms with Crippen molar-refractivity contribution in [3.63, 3.8) is 0 Å². The van der Waals surface area contributed by atoms with Gasteiger partial charge in [-0.15, -0.1) is 0 Å². The van der Waals surface area contributed by atoms with E-state index in [0.29, 0.717) is 31.7 Å². The molecule has 4 rings (SSSR count). The van der Waals surface area contributed by atoms with Gasteiger partial charge in [0.25, 0.3) is 0 Å². The first kappa shape index (κ1) is 20.8. The van der Waals surface area contributed by atoms with Crippen molar-refractivity contribution in [2.75, 3.05) is 19.7 Å². The fourth-order valence-electron chi connectivity index (χ4n) is 3.92. The minimum absolute atomic E-state index is 0.328. The zero-order valence-electron chi connectivity index (χ0n) is 17.3. The third-order valence-corrected chi connectivity index (χ3v) is 5.72. The number of primary amides is 1. The molecule has 160 valence electrons. The lowest BCUT2D eigenvalue weighted by Gasteiger charge is -2.27. The van der Waals surface area contributed by atoms with E-state index in [0.717, 1.165) is 28.6 Å². The number of amides is 1. The molecule has 1 fully saturated rings. The van der Waals surface area contributed by atoms with E-state index >= 15 is 0 Å². The minimum atomic E-state index is -0.686. The number of carbonyl (C=O) groups is 1. The van der Waals surface area contributed by atoms with Crippen LogP contribution in [0.1, 0.15) is 12.0 Å². The molecule has 0 radical (unpaired) electrons. The van der Waals surface area contributed by atoms with Crippen molar-refractivity contribution in [2.45, 2.75) is 25.0 Å². The Bertz CT molecular complexity index is 1190. The van der Waals surface area contributed by atoms with E-state index in [1.54, 1.807) is 13.1 Å². The van der Waals surface area contributed by atoms with Crippen LogP contribution < -0.4 is 11.5 Å². The van der Waals surface area contributed by atoms with Crippen LogP contribution >= 0.6 is 0 Å². The van der Waals surface area contributed by atoms with E-state index in [1.165, 1.54) is 4.57 Å². The molecule has 31 heavy (non-hydrogen) atoms. The normalized spacial score (nSPS) is 18.4. The summed E-state index contributed by atoms with van der Waals surface area (Å²) in [7, 11) is 1.68. The van der Waals surface area contributed by atoms with Crippen LogP contribution in [0.2, 0.25) is 0 Å². The van der Waals surface area contributed by atoms with E-state index in [-0.39, 0.29) is 11.8 Å². The molecule has 2 aromatic carbocycles. The van der Waals surface area contributed by atoms with Gasteiger partial charge in [0.2, 0.25) is 5.91 Å². The summed E-state index contributed by atoms with van der Waals surface area (Å²) in [4.78, 5) is 25.2. The van der Waals surface area contributed by atoms with Gasteiger partial charge in [0.05, 0.1) is 11.6 Å². The maximum atomic E-state index is 11.7. The van der Waals surface area contributed by atoms with Gasteiger partial charge < -0.3 is 14.9 Å². The number of oxazole rings is 1. The van der Waals surface area contributed by atoms with Crippen LogP contribution in [0.3, 0.4) is 0 Å². The Morgan fingerprint density at radius 2 is 2.00 bits per heavy atom. The number of aryl methyl sites for hydroxylation is 1. The molecular formula is C23H24N4O4. The SMILES string of the molecule is Cn1c(=O)oc2ccc(-c3ccc(C[C@@H](C#N)N4CCCO[C@@H](C(N)=O)C4)cc3)cc21. The average molecular weight is 420 g/mol. The van der Waals surface area contributed by atoms with Gasteiger partial charge in [-0.1, -0.05) is 30.3 Å². The van der Waals surface area contributed by atoms with Gasteiger partial charge in [-0.25, -0.2) is 4.79 Å². The van der Waals surface area contributed by atoms with Gasteiger partial charge in [0, 0.05) is 33.2 Å². The number of rotatable bonds is 5. The summed E-state index contributed by atoms with van der Waals surface area (Å²) in [6.07, 6.45) is 0.603. The third-order valence-electron chi connectivity index (χ3n) is 5.72. The maximum absolute atomic E-state index is 11.7. The Kier molecular flexibility index (Phi) is 5.89. The smallest absolute Gasteiger partial charge is 0.408 e. The molecule has 0 aliphatic carbocycles. The summed E-state index contributed by atoms with van der Waals surface area (Å²) in [5.41, 5.74) is 9.71. The van der Waals surface area contributed by atoms with Crippen molar-refractivity contribution in [3.05, 3.63) is 58.6 Å². The number of nitriles is 1. The molecule has 0 spiro atoms. The highest BCUT2D eigenvalue weighted by atomic mass is 16.5.